The minimum atomic E-state index is -1.07. The van der Waals surface area contributed by atoms with Gasteiger partial charge in [0.1, 0.15) is 6.04 Å². The first kappa shape index (κ1) is 23.7. The van der Waals surface area contributed by atoms with Crippen molar-refractivity contribution in [3.05, 3.63) is 63.6 Å². The van der Waals surface area contributed by atoms with Gasteiger partial charge in [-0.25, -0.2) is 4.79 Å². The lowest BCUT2D eigenvalue weighted by atomic mass is 10.1. The van der Waals surface area contributed by atoms with Crippen LogP contribution in [0, 0.1) is 0 Å². The first-order chi connectivity index (χ1) is 15.4. The molecule has 0 saturated carbocycles. The van der Waals surface area contributed by atoms with E-state index in [-0.39, 0.29) is 17.5 Å². The van der Waals surface area contributed by atoms with E-state index in [4.69, 9.17) is 4.74 Å². The summed E-state index contributed by atoms with van der Waals surface area (Å²) in [4.78, 5) is 51.8. The van der Waals surface area contributed by atoms with E-state index in [0.29, 0.717) is 18.5 Å². The normalized spacial score (nSPS) is 13.7. The lowest BCUT2D eigenvalue weighted by molar-refractivity contribution is -0.151. The molecule has 0 saturated heterocycles. The second-order valence-electron chi connectivity index (χ2n) is 7.49. The number of halogens is 1. The van der Waals surface area contributed by atoms with Crippen molar-refractivity contribution in [2.75, 3.05) is 11.9 Å². The molecule has 7 nitrogen and oxygen atoms in total. The largest absolute Gasteiger partial charge is 0.454 e. The Labute approximate surface area is 195 Å². The van der Waals surface area contributed by atoms with Gasteiger partial charge in [0.15, 0.2) is 6.61 Å². The van der Waals surface area contributed by atoms with E-state index in [1.807, 2.05) is 26.0 Å². The highest BCUT2D eigenvalue weighted by Crippen LogP contribution is 2.27. The number of nitrogens with zero attached hydrogens (tertiary/aromatic N) is 1. The van der Waals surface area contributed by atoms with E-state index in [1.54, 1.807) is 30.3 Å². The molecule has 1 heterocycles. The van der Waals surface area contributed by atoms with E-state index >= 15 is 0 Å². The topological polar surface area (TPSA) is 92.8 Å². The van der Waals surface area contributed by atoms with E-state index in [2.05, 4.69) is 21.2 Å². The zero-order chi connectivity index (χ0) is 23.3. The van der Waals surface area contributed by atoms with Gasteiger partial charge in [-0.3, -0.25) is 19.3 Å². The Morgan fingerprint density at radius 2 is 1.72 bits per heavy atom. The first-order valence-corrected chi connectivity index (χ1v) is 11.4. The van der Waals surface area contributed by atoms with E-state index in [9.17, 15) is 19.2 Å². The number of hydrogen-bond donors (Lipinski definition) is 1. The number of anilines is 1. The molecule has 0 unspecified atom stereocenters. The van der Waals surface area contributed by atoms with Crippen molar-refractivity contribution in [2.45, 2.75) is 45.6 Å². The summed E-state index contributed by atoms with van der Waals surface area (Å²) in [7, 11) is 0. The maximum absolute atomic E-state index is 12.8. The van der Waals surface area contributed by atoms with Crippen LogP contribution in [0.25, 0.3) is 0 Å². The number of benzene rings is 2. The summed E-state index contributed by atoms with van der Waals surface area (Å²) >= 11 is 3.40. The predicted molar refractivity (Wildman–Crippen MR) is 123 cm³/mol. The Balaban J connectivity index is 1.69. The van der Waals surface area contributed by atoms with Crippen LogP contribution in [-0.4, -0.2) is 41.2 Å². The number of carbonyl (C=O) groups excluding carboxylic acids is 4. The monoisotopic (exact) mass is 500 g/mol. The second-order valence-corrected chi connectivity index (χ2v) is 8.41. The highest BCUT2D eigenvalue weighted by molar-refractivity contribution is 9.10. The van der Waals surface area contributed by atoms with Gasteiger partial charge in [-0.2, -0.15) is 0 Å². The third-order valence-corrected chi connectivity index (χ3v) is 5.80. The van der Waals surface area contributed by atoms with Gasteiger partial charge in [0.05, 0.1) is 11.1 Å². The molecule has 1 atom stereocenters. The molecule has 0 fully saturated rings. The standard InChI is InChI=1S/C24H25BrN2O5/c1-3-5-10-20(27-22(29)17-8-6-7-9-18(17)23(27)30)24(31)32-14-21(28)26-19-12-11-16(25)13-15(19)4-2/h6-9,11-13,20H,3-5,10,14H2,1-2H3,(H,26,28)/t20-/m0/s1. The number of amides is 3. The van der Waals surface area contributed by atoms with Crippen LogP contribution >= 0.6 is 15.9 Å². The number of esters is 1. The molecule has 3 rings (SSSR count). The van der Waals surface area contributed by atoms with Crippen molar-refractivity contribution in [2.24, 2.45) is 0 Å². The molecule has 0 bridgehead atoms. The van der Waals surface area contributed by atoms with E-state index in [0.717, 1.165) is 21.4 Å². The van der Waals surface area contributed by atoms with Crippen molar-refractivity contribution in [1.29, 1.82) is 0 Å². The number of carbonyl (C=O) groups is 4. The molecule has 0 radical (unpaired) electrons. The molecule has 1 aliphatic rings. The summed E-state index contributed by atoms with van der Waals surface area (Å²) in [5.74, 6) is -2.30. The summed E-state index contributed by atoms with van der Waals surface area (Å²) in [5.41, 5.74) is 2.12. The zero-order valence-electron chi connectivity index (χ0n) is 18.0. The maximum atomic E-state index is 12.8. The van der Waals surface area contributed by atoms with Crippen LogP contribution in [0.2, 0.25) is 0 Å². The number of aryl methyl sites for hydroxylation is 1. The predicted octanol–water partition coefficient (Wildman–Crippen LogP) is 4.35. The molecule has 3 amide bonds. The minimum Gasteiger partial charge on any atom is -0.454 e. The number of hydrogen-bond acceptors (Lipinski definition) is 5. The van der Waals surface area contributed by atoms with Crippen LogP contribution in [0.5, 0.6) is 0 Å². The molecular formula is C24H25BrN2O5. The third kappa shape index (κ3) is 5.07. The summed E-state index contributed by atoms with van der Waals surface area (Å²) in [6.07, 6.45) is 2.39. The van der Waals surface area contributed by atoms with Crippen molar-refractivity contribution < 1.29 is 23.9 Å². The molecule has 1 N–H and O–H groups in total. The number of imide groups is 1. The Kier molecular flexibility index (Phi) is 7.80. The Bertz CT molecular complexity index is 1020. The average molecular weight is 501 g/mol. The third-order valence-electron chi connectivity index (χ3n) is 5.31. The fourth-order valence-electron chi connectivity index (χ4n) is 3.64. The van der Waals surface area contributed by atoms with Crippen LogP contribution in [0.3, 0.4) is 0 Å². The van der Waals surface area contributed by atoms with Gasteiger partial charge in [0.25, 0.3) is 17.7 Å². The van der Waals surface area contributed by atoms with Crippen LogP contribution < -0.4 is 5.32 Å². The summed E-state index contributed by atoms with van der Waals surface area (Å²) < 4.78 is 6.14. The van der Waals surface area contributed by atoms with Gasteiger partial charge in [-0.1, -0.05) is 54.8 Å². The molecular weight excluding hydrogens is 476 g/mol. The fourth-order valence-corrected chi connectivity index (χ4v) is 4.05. The lowest BCUT2D eigenvalue weighted by Gasteiger charge is -2.24. The van der Waals surface area contributed by atoms with Gasteiger partial charge in [-0.05, 0) is 48.7 Å². The molecule has 8 heteroatoms. The van der Waals surface area contributed by atoms with Gasteiger partial charge in [0, 0.05) is 10.2 Å². The highest BCUT2D eigenvalue weighted by Gasteiger charge is 2.43. The Morgan fingerprint density at radius 1 is 1.06 bits per heavy atom. The summed E-state index contributed by atoms with van der Waals surface area (Å²) in [6, 6.07) is 10.9. The summed E-state index contributed by atoms with van der Waals surface area (Å²) in [5, 5.41) is 2.74. The second kappa shape index (κ2) is 10.5. The number of ether oxygens (including phenoxy) is 1. The quantitative estimate of drug-likeness (QED) is 0.408. The number of nitrogens with one attached hydrogen (secondary N) is 1. The van der Waals surface area contributed by atoms with E-state index < -0.39 is 36.3 Å². The van der Waals surface area contributed by atoms with Crippen LogP contribution in [0.4, 0.5) is 5.69 Å². The van der Waals surface area contributed by atoms with Crippen LogP contribution in [-0.2, 0) is 20.7 Å². The van der Waals surface area contributed by atoms with Gasteiger partial charge >= 0.3 is 5.97 Å². The Morgan fingerprint density at radius 3 is 2.31 bits per heavy atom. The molecule has 1 aliphatic heterocycles. The van der Waals surface area contributed by atoms with Gasteiger partial charge in [0.2, 0.25) is 0 Å². The number of unbranched alkanes of at least 4 members (excludes halogenated alkanes) is 1. The molecule has 0 aromatic heterocycles. The molecule has 2 aromatic rings. The smallest absolute Gasteiger partial charge is 0.329 e. The minimum absolute atomic E-state index is 0.270. The van der Waals surface area contributed by atoms with Gasteiger partial charge < -0.3 is 10.1 Å². The molecule has 0 spiro atoms. The molecule has 168 valence electrons. The highest BCUT2D eigenvalue weighted by atomic mass is 79.9. The number of rotatable bonds is 9. The zero-order valence-corrected chi connectivity index (χ0v) is 19.6. The van der Waals surface area contributed by atoms with E-state index in [1.165, 1.54) is 0 Å². The van der Waals surface area contributed by atoms with Crippen molar-refractivity contribution in [3.63, 3.8) is 0 Å². The average Bonchev–Trinajstić information content (AvgIpc) is 3.04. The summed E-state index contributed by atoms with van der Waals surface area (Å²) in [6.45, 7) is 3.41. The number of fused-ring (bicyclic) bond motifs is 1. The van der Waals surface area contributed by atoms with Crippen molar-refractivity contribution >= 4 is 45.3 Å². The lowest BCUT2D eigenvalue weighted by Crippen LogP contribution is -2.46. The molecule has 2 aromatic carbocycles. The molecule has 0 aliphatic carbocycles. The SMILES string of the molecule is CCCC[C@@H](C(=O)OCC(=O)Nc1ccc(Br)cc1CC)N1C(=O)c2ccccc2C1=O. The fraction of sp³-hybridized carbons (Fsp3) is 0.333. The molecule has 32 heavy (non-hydrogen) atoms. The van der Waals surface area contributed by atoms with Crippen LogP contribution in [0.15, 0.2) is 46.9 Å². The van der Waals surface area contributed by atoms with Crippen molar-refractivity contribution in [1.82, 2.24) is 4.90 Å². The Hall–Kier alpha value is -3.00. The first-order valence-electron chi connectivity index (χ1n) is 10.6. The van der Waals surface area contributed by atoms with Crippen LogP contribution in [0.1, 0.15) is 59.4 Å². The van der Waals surface area contributed by atoms with Gasteiger partial charge in [-0.15, -0.1) is 0 Å². The van der Waals surface area contributed by atoms with Crippen molar-refractivity contribution in [3.8, 4) is 0 Å². The maximum Gasteiger partial charge on any atom is 0.329 e.